The van der Waals surface area contributed by atoms with Crippen molar-refractivity contribution in [2.24, 2.45) is 0 Å². The molecule has 0 fully saturated rings. The van der Waals surface area contributed by atoms with Crippen LogP contribution in [0.15, 0.2) is 18.2 Å². The minimum absolute atomic E-state index is 0.0213. The molecule has 1 heterocycles. The molecule has 0 radical (unpaired) electrons. The molecule has 1 aliphatic heterocycles. The summed E-state index contributed by atoms with van der Waals surface area (Å²) in [6.07, 6.45) is 1.90. The molecular weight excluding hydrogens is 406 g/mol. The normalized spacial score (nSPS) is 12.7. The van der Waals surface area contributed by atoms with Gasteiger partial charge in [0.25, 0.3) is 5.91 Å². The van der Waals surface area contributed by atoms with E-state index in [0.717, 1.165) is 12.8 Å². The molecular formula is C22H29NO8. The predicted molar refractivity (Wildman–Crippen MR) is 111 cm³/mol. The van der Waals surface area contributed by atoms with Crippen LogP contribution in [-0.2, 0) is 28.6 Å². The van der Waals surface area contributed by atoms with Crippen molar-refractivity contribution in [2.45, 2.75) is 39.5 Å². The monoisotopic (exact) mass is 435 g/mol. The molecule has 9 nitrogen and oxygen atoms in total. The molecule has 0 saturated heterocycles. The summed E-state index contributed by atoms with van der Waals surface area (Å²) in [7, 11) is 0. The highest BCUT2D eigenvalue weighted by molar-refractivity contribution is 6.04. The van der Waals surface area contributed by atoms with E-state index in [1.807, 2.05) is 0 Å². The number of esters is 2. The van der Waals surface area contributed by atoms with Gasteiger partial charge in [-0.3, -0.25) is 24.1 Å². The topological polar surface area (TPSA) is 108 Å². The van der Waals surface area contributed by atoms with Crippen LogP contribution in [0.25, 0.3) is 0 Å². The number of anilines is 1. The largest absolute Gasteiger partial charge is 0.482 e. The molecule has 0 saturated carbocycles. The fraction of sp³-hybridized carbons (Fsp3) is 0.545. The Kier molecular flexibility index (Phi) is 9.96. The van der Waals surface area contributed by atoms with Crippen molar-refractivity contribution in [1.29, 1.82) is 0 Å². The molecule has 31 heavy (non-hydrogen) atoms. The maximum atomic E-state index is 12.4. The third kappa shape index (κ3) is 7.67. The molecule has 0 aromatic heterocycles. The summed E-state index contributed by atoms with van der Waals surface area (Å²) in [5.41, 5.74) is 0.624. The Morgan fingerprint density at radius 2 is 1.84 bits per heavy atom. The van der Waals surface area contributed by atoms with Crippen LogP contribution >= 0.6 is 0 Å². The van der Waals surface area contributed by atoms with E-state index in [4.69, 9.17) is 18.9 Å². The van der Waals surface area contributed by atoms with Crippen molar-refractivity contribution in [1.82, 2.24) is 0 Å². The quantitative estimate of drug-likeness (QED) is 0.264. The van der Waals surface area contributed by atoms with Gasteiger partial charge in [-0.25, -0.2) is 0 Å². The fourth-order valence-corrected chi connectivity index (χ4v) is 2.88. The van der Waals surface area contributed by atoms with E-state index in [2.05, 4.69) is 6.92 Å². The number of rotatable bonds is 13. The summed E-state index contributed by atoms with van der Waals surface area (Å²) in [4.78, 5) is 49.7. The van der Waals surface area contributed by atoms with Crippen LogP contribution in [0.1, 0.15) is 49.9 Å². The number of ether oxygens (including phenoxy) is 4. The number of hydrogen-bond donors (Lipinski definition) is 0. The number of Topliss-reactive ketones (excluding diaryl/α,β-unsaturated/α-hetero) is 1. The van der Waals surface area contributed by atoms with Gasteiger partial charge in [-0.2, -0.15) is 0 Å². The third-order valence-electron chi connectivity index (χ3n) is 4.51. The minimum Gasteiger partial charge on any atom is -0.482 e. The molecule has 2 rings (SSSR count). The van der Waals surface area contributed by atoms with E-state index in [-0.39, 0.29) is 45.0 Å². The van der Waals surface area contributed by atoms with Crippen LogP contribution in [0.4, 0.5) is 5.69 Å². The van der Waals surface area contributed by atoms with Gasteiger partial charge in [-0.15, -0.1) is 0 Å². The Morgan fingerprint density at radius 3 is 2.58 bits per heavy atom. The molecule has 1 aliphatic rings. The van der Waals surface area contributed by atoms with Crippen LogP contribution in [0.5, 0.6) is 5.75 Å². The number of nitrogens with zero attached hydrogens (tertiary/aromatic N) is 1. The molecule has 0 unspecified atom stereocenters. The van der Waals surface area contributed by atoms with E-state index >= 15 is 0 Å². The van der Waals surface area contributed by atoms with Gasteiger partial charge >= 0.3 is 11.9 Å². The molecule has 1 aromatic rings. The predicted octanol–water partition coefficient (Wildman–Crippen LogP) is 2.30. The van der Waals surface area contributed by atoms with E-state index in [0.29, 0.717) is 30.2 Å². The van der Waals surface area contributed by atoms with Crippen molar-refractivity contribution in [2.75, 3.05) is 44.5 Å². The van der Waals surface area contributed by atoms with E-state index in [1.165, 1.54) is 11.0 Å². The van der Waals surface area contributed by atoms with Crippen LogP contribution in [0.3, 0.4) is 0 Å². The first kappa shape index (κ1) is 24.3. The van der Waals surface area contributed by atoms with Gasteiger partial charge in [0, 0.05) is 18.6 Å². The zero-order valence-electron chi connectivity index (χ0n) is 18.0. The number of carbonyl (C=O) groups excluding carboxylic acids is 4. The lowest BCUT2D eigenvalue weighted by Crippen LogP contribution is -2.42. The third-order valence-corrected chi connectivity index (χ3v) is 4.51. The number of benzene rings is 1. The van der Waals surface area contributed by atoms with Crippen molar-refractivity contribution < 1.29 is 38.1 Å². The summed E-state index contributed by atoms with van der Waals surface area (Å²) in [6.45, 7) is 4.48. The van der Waals surface area contributed by atoms with Crippen molar-refractivity contribution in [3.63, 3.8) is 0 Å². The lowest BCUT2D eigenvalue weighted by atomic mass is 10.0. The average molecular weight is 435 g/mol. The van der Waals surface area contributed by atoms with Gasteiger partial charge in [0.05, 0.1) is 25.3 Å². The number of carbonyl (C=O) groups is 4. The molecule has 170 valence electrons. The van der Waals surface area contributed by atoms with Crippen LogP contribution in [0, 0.1) is 0 Å². The Morgan fingerprint density at radius 1 is 1.03 bits per heavy atom. The highest BCUT2D eigenvalue weighted by atomic mass is 16.6. The second-order valence-corrected chi connectivity index (χ2v) is 6.87. The molecule has 9 heteroatoms. The van der Waals surface area contributed by atoms with Crippen LogP contribution in [-0.4, -0.2) is 63.2 Å². The van der Waals surface area contributed by atoms with Crippen molar-refractivity contribution in [3.8, 4) is 5.75 Å². The Balaban J connectivity index is 1.98. The molecule has 1 amide bonds. The summed E-state index contributed by atoms with van der Waals surface area (Å²) < 4.78 is 20.7. The van der Waals surface area contributed by atoms with E-state index in [9.17, 15) is 19.2 Å². The lowest BCUT2D eigenvalue weighted by molar-refractivity contribution is -0.144. The summed E-state index contributed by atoms with van der Waals surface area (Å²) in [5, 5.41) is 0. The number of amides is 1. The van der Waals surface area contributed by atoms with Gasteiger partial charge in [0.1, 0.15) is 18.9 Å². The smallest absolute Gasteiger partial charge is 0.326 e. The van der Waals surface area contributed by atoms with Gasteiger partial charge in [0.15, 0.2) is 12.4 Å². The molecule has 0 atom stereocenters. The Labute approximate surface area is 181 Å². The zero-order chi connectivity index (χ0) is 22.6. The zero-order valence-corrected chi connectivity index (χ0v) is 18.0. The molecule has 0 N–H and O–H groups in total. The van der Waals surface area contributed by atoms with Gasteiger partial charge < -0.3 is 18.9 Å². The van der Waals surface area contributed by atoms with E-state index in [1.54, 1.807) is 19.1 Å². The fourth-order valence-electron chi connectivity index (χ4n) is 2.88. The van der Waals surface area contributed by atoms with E-state index < -0.39 is 17.8 Å². The van der Waals surface area contributed by atoms with Crippen LogP contribution in [0.2, 0.25) is 0 Å². The second-order valence-electron chi connectivity index (χ2n) is 6.87. The maximum absolute atomic E-state index is 12.4. The molecule has 0 bridgehead atoms. The van der Waals surface area contributed by atoms with Crippen LogP contribution < -0.4 is 9.64 Å². The number of fused-ring (bicyclic) bond motifs is 1. The number of hydrogen-bond acceptors (Lipinski definition) is 8. The summed E-state index contributed by atoms with van der Waals surface area (Å²) in [5.74, 6) is -1.34. The summed E-state index contributed by atoms with van der Waals surface area (Å²) >= 11 is 0. The van der Waals surface area contributed by atoms with Gasteiger partial charge in [-0.05, 0) is 31.5 Å². The second kappa shape index (κ2) is 12.7. The number of unbranched alkanes of at least 4 members (excludes halogenated alkanes) is 1. The molecule has 0 aliphatic carbocycles. The summed E-state index contributed by atoms with van der Waals surface area (Å²) in [6, 6.07) is 4.62. The Hall–Kier alpha value is -2.94. The Bertz CT molecular complexity index is 792. The van der Waals surface area contributed by atoms with Crippen molar-refractivity contribution in [3.05, 3.63) is 23.8 Å². The first-order chi connectivity index (χ1) is 15.0. The standard InChI is InChI=1S/C22H29NO8/c1-3-5-10-28-11-12-30-22(27)14-23-17-13-16(6-8-19(17)31-15-20(23)25)18(24)7-9-21(26)29-4-2/h6,8,13H,3-5,7,9-12,14-15H2,1-2H3. The molecule has 0 spiro atoms. The highest BCUT2D eigenvalue weighted by Crippen LogP contribution is 2.33. The minimum atomic E-state index is -0.584. The average Bonchev–Trinajstić information content (AvgIpc) is 2.76. The number of ketones is 1. The maximum Gasteiger partial charge on any atom is 0.326 e. The van der Waals surface area contributed by atoms with Gasteiger partial charge in [0.2, 0.25) is 0 Å². The van der Waals surface area contributed by atoms with Gasteiger partial charge in [-0.1, -0.05) is 13.3 Å². The first-order valence-corrected chi connectivity index (χ1v) is 10.5. The molecule has 1 aromatic carbocycles. The lowest BCUT2D eigenvalue weighted by Gasteiger charge is -2.29. The van der Waals surface area contributed by atoms with Crippen molar-refractivity contribution >= 4 is 29.3 Å². The first-order valence-electron chi connectivity index (χ1n) is 10.5. The SMILES string of the molecule is CCCCOCCOC(=O)CN1C(=O)COc2ccc(C(=O)CCC(=O)OCC)cc21. The highest BCUT2D eigenvalue weighted by Gasteiger charge is 2.29.